The first-order valence-corrected chi connectivity index (χ1v) is 7.74. The second-order valence-corrected chi connectivity index (χ2v) is 6.44. The Balaban J connectivity index is 1.59. The summed E-state index contributed by atoms with van der Waals surface area (Å²) in [6, 6.07) is 0. The lowest BCUT2D eigenvalue weighted by Gasteiger charge is -2.32. The predicted octanol–water partition coefficient (Wildman–Crippen LogP) is 2.84. The summed E-state index contributed by atoms with van der Waals surface area (Å²) in [5.41, 5.74) is 0.494. The van der Waals surface area contributed by atoms with E-state index in [2.05, 4.69) is 24.6 Å². The van der Waals surface area contributed by atoms with E-state index in [4.69, 9.17) is 4.74 Å². The maximum atomic E-state index is 5.70. The van der Waals surface area contributed by atoms with Crippen LogP contribution in [0.5, 0.6) is 0 Å². The van der Waals surface area contributed by atoms with Gasteiger partial charge < -0.3 is 9.64 Å². The third kappa shape index (κ3) is 4.46. The van der Waals surface area contributed by atoms with Gasteiger partial charge in [0.05, 0.1) is 6.61 Å². The van der Waals surface area contributed by atoms with Crippen molar-refractivity contribution >= 4 is 12.6 Å². The van der Waals surface area contributed by atoms with Crippen molar-refractivity contribution in [1.29, 1.82) is 0 Å². The third-order valence-electron chi connectivity index (χ3n) is 4.27. The third-order valence-corrected chi connectivity index (χ3v) is 4.94. The van der Waals surface area contributed by atoms with E-state index in [-0.39, 0.29) is 0 Å². The van der Waals surface area contributed by atoms with Crippen LogP contribution in [0.3, 0.4) is 0 Å². The minimum atomic E-state index is 0.494. The van der Waals surface area contributed by atoms with Crippen molar-refractivity contribution in [1.82, 2.24) is 4.90 Å². The molecular weight excluding hydrogens is 230 g/mol. The summed E-state index contributed by atoms with van der Waals surface area (Å²) in [5.74, 6) is 1.93. The Morgan fingerprint density at radius 1 is 1.29 bits per heavy atom. The first-order chi connectivity index (χ1) is 8.24. The van der Waals surface area contributed by atoms with Crippen molar-refractivity contribution in [3.63, 3.8) is 0 Å². The number of likely N-dealkylation sites (N-methyl/N-ethyl adjacent to an activating group) is 1. The monoisotopic (exact) mass is 257 g/mol. The molecule has 0 amide bonds. The molecule has 0 heterocycles. The predicted molar refractivity (Wildman–Crippen MR) is 75.8 cm³/mol. The highest BCUT2D eigenvalue weighted by molar-refractivity contribution is 7.80. The Labute approximate surface area is 112 Å². The smallest absolute Gasteiger partial charge is 0.0593 e. The van der Waals surface area contributed by atoms with Crippen LogP contribution in [0.15, 0.2) is 0 Å². The van der Waals surface area contributed by atoms with Gasteiger partial charge in [-0.1, -0.05) is 12.8 Å². The summed E-state index contributed by atoms with van der Waals surface area (Å²) in [7, 11) is 2.23. The molecule has 2 nitrogen and oxygen atoms in total. The normalized spacial score (nSPS) is 23.5. The summed E-state index contributed by atoms with van der Waals surface area (Å²) in [4.78, 5) is 2.44. The molecule has 0 spiro atoms. The van der Waals surface area contributed by atoms with Crippen molar-refractivity contribution < 1.29 is 4.74 Å². The maximum absolute atomic E-state index is 5.70. The van der Waals surface area contributed by atoms with Crippen LogP contribution < -0.4 is 0 Å². The van der Waals surface area contributed by atoms with E-state index in [1.54, 1.807) is 0 Å². The van der Waals surface area contributed by atoms with E-state index in [9.17, 15) is 0 Å². The largest absolute Gasteiger partial charge is 0.380 e. The number of hydrogen-bond acceptors (Lipinski definition) is 3. The average Bonchev–Trinajstić information content (AvgIpc) is 3.04. The number of rotatable bonds is 8. The topological polar surface area (TPSA) is 12.5 Å². The molecule has 0 radical (unpaired) electrons. The molecule has 100 valence electrons. The Morgan fingerprint density at radius 2 is 2.00 bits per heavy atom. The van der Waals surface area contributed by atoms with Crippen LogP contribution in [-0.2, 0) is 4.74 Å². The highest BCUT2D eigenvalue weighted by Gasteiger charge is 2.33. The fourth-order valence-corrected chi connectivity index (χ4v) is 3.31. The average molecular weight is 257 g/mol. The molecule has 0 aromatic heterocycles. The molecule has 0 aromatic carbocycles. The SMILES string of the molecule is CN(CCOCC1CC1)CC1(CS)CCCC1. The second kappa shape index (κ2) is 6.44. The van der Waals surface area contributed by atoms with E-state index in [0.29, 0.717) is 5.41 Å². The molecular formula is C14H27NOS. The minimum Gasteiger partial charge on any atom is -0.380 e. The van der Waals surface area contributed by atoms with Gasteiger partial charge in [0, 0.05) is 19.7 Å². The van der Waals surface area contributed by atoms with Crippen LogP contribution in [0.1, 0.15) is 38.5 Å². The molecule has 0 atom stereocenters. The zero-order valence-electron chi connectivity index (χ0n) is 11.2. The Kier molecular flexibility index (Phi) is 5.19. The Bertz CT molecular complexity index is 224. The van der Waals surface area contributed by atoms with E-state index in [1.165, 1.54) is 45.1 Å². The molecule has 17 heavy (non-hydrogen) atoms. The van der Waals surface area contributed by atoms with E-state index >= 15 is 0 Å². The molecule has 2 fully saturated rings. The Hall–Kier alpha value is 0.270. The van der Waals surface area contributed by atoms with Crippen molar-refractivity contribution in [2.45, 2.75) is 38.5 Å². The molecule has 0 N–H and O–H groups in total. The van der Waals surface area contributed by atoms with Gasteiger partial charge in [0.25, 0.3) is 0 Å². The van der Waals surface area contributed by atoms with Gasteiger partial charge in [0.2, 0.25) is 0 Å². The minimum absolute atomic E-state index is 0.494. The van der Waals surface area contributed by atoms with Gasteiger partial charge >= 0.3 is 0 Å². The first-order valence-electron chi connectivity index (χ1n) is 7.11. The molecule has 0 unspecified atom stereocenters. The summed E-state index contributed by atoms with van der Waals surface area (Å²) < 4.78 is 5.70. The lowest BCUT2D eigenvalue weighted by molar-refractivity contribution is 0.0910. The van der Waals surface area contributed by atoms with E-state index < -0.39 is 0 Å². The molecule has 0 aromatic rings. The molecule has 0 saturated heterocycles. The van der Waals surface area contributed by atoms with Crippen molar-refractivity contribution in [3.8, 4) is 0 Å². The van der Waals surface area contributed by atoms with Gasteiger partial charge in [-0.25, -0.2) is 0 Å². The standard InChI is InChI=1S/C14H27NOS/c1-15(8-9-16-10-13-4-5-13)11-14(12-17)6-2-3-7-14/h13,17H,2-12H2,1H3. The number of nitrogens with zero attached hydrogens (tertiary/aromatic N) is 1. The zero-order valence-corrected chi connectivity index (χ0v) is 12.1. The summed E-state index contributed by atoms with van der Waals surface area (Å²) in [6.07, 6.45) is 8.30. The molecule has 2 aliphatic carbocycles. The van der Waals surface area contributed by atoms with Gasteiger partial charge in [-0.2, -0.15) is 12.6 Å². The quantitative estimate of drug-likeness (QED) is 0.530. The zero-order chi connectivity index (χ0) is 12.1. The van der Waals surface area contributed by atoms with Crippen LogP contribution >= 0.6 is 12.6 Å². The van der Waals surface area contributed by atoms with Crippen molar-refractivity contribution in [2.24, 2.45) is 11.3 Å². The maximum Gasteiger partial charge on any atom is 0.0593 e. The summed E-state index contributed by atoms with van der Waals surface area (Å²) in [6.45, 7) is 4.16. The lowest BCUT2D eigenvalue weighted by Crippen LogP contribution is -2.36. The van der Waals surface area contributed by atoms with Crippen LogP contribution in [0.2, 0.25) is 0 Å². The van der Waals surface area contributed by atoms with Crippen LogP contribution in [0.25, 0.3) is 0 Å². The Morgan fingerprint density at radius 3 is 2.59 bits per heavy atom. The highest BCUT2D eigenvalue weighted by atomic mass is 32.1. The second-order valence-electron chi connectivity index (χ2n) is 6.12. The highest BCUT2D eigenvalue weighted by Crippen LogP contribution is 2.39. The van der Waals surface area contributed by atoms with Gasteiger partial charge in [-0.05, 0) is 49.8 Å². The lowest BCUT2D eigenvalue weighted by atomic mass is 9.88. The number of ether oxygens (including phenoxy) is 1. The summed E-state index contributed by atoms with van der Waals surface area (Å²) in [5, 5.41) is 0. The van der Waals surface area contributed by atoms with E-state index in [0.717, 1.165) is 31.4 Å². The summed E-state index contributed by atoms with van der Waals surface area (Å²) >= 11 is 4.56. The van der Waals surface area contributed by atoms with Gasteiger partial charge in [0.1, 0.15) is 0 Å². The van der Waals surface area contributed by atoms with Gasteiger partial charge in [-0.3, -0.25) is 0 Å². The van der Waals surface area contributed by atoms with Crippen LogP contribution in [0, 0.1) is 11.3 Å². The number of thiol groups is 1. The molecule has 2 saturated carbocycles. The molecule has 2 aliphatic rings. The number of hydrogen-bond donors (Lipinski definition) is 1. The van der Waals surface area contributed by atoms with E-state index in [1.807, 2.05) is 0 Å². The molecule has 2 rings (SSSR count). The molecule has 3 heteroatoms. The van der Waals surface area contributed by atoms with Crippen molar-refractivity contribution in [3.05, 3.63) is 0 Å². The van der Waals surface area contributed by atoms with Gasteiger partial charge in [0.15, 0.2) is 0 Å². The molecule has 0 aliphatic heterocycles. The molecule has 0 bridgehead atoms. The first kappa shape index (κ1) is 13.7. The fourth-order valence-electron chi connectivity index (χ4n) is 2.90. The van der Waals surface area contributed by atoms with Crippen molar-refractivity contribution in [2.75, 3.05) is 39.1 Å². The van der Waals surface area contributed by atoms with Crippen LogP contribution in [-0.4, -0.2) is 44.0 Å². The van der Waals surface area contributed by atoms with Crippen LogP contribution in [0.4, 0.5) is 0 Å². The fraction of sp³-hybridized carbons (Fsp3) is 1.00. The van der Waals surface area contributed by atoms with Gasteiger partial charge in [-0.15, -0.1) is 0 Å².